The predicted molar refractivity (Wildman–Crippen MR) is 226 cm³/mol. The molecule has 0 bridgehead atoms. The quantitative estimate of drug-likeness (QED) is 0.168. The predicted octanol–water partition coefficient (Wildman–Crippen LogP) is 12.3. The first kappa shape index (κ1) is 32.0. The first-order valence-electron chi connectivity index (χ1n) is 18.3. The lowest BCUT2D eigenvalue weighted by Gasteiger charge is -2.09. The van der Waals surface area contributed by atoms with E-state index in [-0.39, 0.29) is 0 Å². The molecule has 0 aliphatic heterocycles. The van der Waals surface area contributed by atoms with Crippen molar-refractivity contribution in [1.29, 1.82) is 0 Å². The first-order chi connectivity index (χ1) is 27.7. The van der Waals surface area contributed by atoms with Gasteiger partial charge in [-0.05, 0) is 36.4 Å². The molecule has 0 radical (unpaired) electrons. The lowest BCUT2D eigenvalue weighted by atomic mass is 10.0. The number of thiophene rings is 1. The highest BCUT2D eigenvalue weighted by Gasteiger charge is 2.20. The van der Waals surface area contributed by atoms with Crippen molar-refractivity contribution in [3.8, 4) is 68.3 Å². The lowest BCUT2D eigenvalue weighted by Crippen LogP contribution is -2.00. The number of nitrogens with zero attached hydrogens (tertiary/aromatic N) is 6. The molecule has 7 nitrogen and oxygen atoms in total. The van der Waals surface area contributed by atoms with E-state index in [0.717, 1.165) is 75.5 Å². The number of para-hydroxylation sites is 1. The third-order valence-corrected chi connectivity index (χ3v) is 11.2. The first-order valence-corrected chi connectivity index (χ1v) is 19.1. The summed E-state index contributed by atoms with van der Waals surface area (Å²) in [6.45, 7) is 0. The van der Waals surface area contributed by atoms with Gasteiger partial charge >= 0.3 is 0 Å². The number of hydrogen-bond acceptors (Lipinski definition) is 8. The van der Waals surface area contributed by atoms with Crippen LogP contribution in [0, 0.1) is 0 Å². The van der Waals surface area contributed by atoms with E-state index >= 15 is 0 Å². The normalized spacial score (nSPS) is 11.6. The van der Waals surface area contributed by atoms with E-state index in [1.165, 1.54) is 0 Å². The van der Waals surface area contributed by atoms with Crippen molar-refractivity contribution in [1.82, 2.24) is 29.9 Å². The molecule has 262 valence electrons. The Kier molecular flexibility index (Phi) is 7.53. The van der Waals surface area contributed by atoms with Crippen LogP contribution in [-0.2, 0) is 0 Å². The zero-order valence-electron chi connectivity index (χ0n) is 29.7. The van der Waals surface area contributed by atoms with Crippen LogP contribution in [0.15, 0.2) is 174 Å². The van der Waals surface area contributed by atoms with Crippen LogP contribution in [0.25, 0.3) is 110 Å². The minimum atomic E-state index is 0.585. The molecule has 0 saturated carbocycles. The van der Waals surface area contributed by atoms with E-state index in [1.807, 2.05) is 121 Å². The number of hydrogen-bond donors (Lipinski definition) is 0. The van der Waals surface area contributed by atoms with Crippen LogP contribution < -0.4 is 0 Å². The topological polar surface area (TPSA) is 90.5 Å². The van der Waals surface area contributed by atoms with Crippen molar-refractivity contribution in [2.24, 2.45) is 0 Å². The highest BCUT2D eigenvalue weighted by Crippen LogP contribution is 2.42. The van der Waals surface area contributed by atoms with Gasteiger partial charge in [-0.2, -0.15) is 0 Å². The molecule has 0 atom stereocenters. The Morgan fingerprint density at radius 3 is 1.46 bits per heavy atom. The number of benzene rings is 7. The summed E-state index contributed by atoms with van der Waals surface area (Å²) in [4.78, 5) is 30.3. The molecule has 4 aromatic heterocycles. The Hall–Kier alpha value is -7.42. The molecule has 8 heteroatoms. The highest BCUT2D eigenvalue weighted by molar-refractivity contribution is 7.26. The van der Waals surface area contributed by atoms with Gasteiger partial charge in [0.05, 0.1) is 0 Å². The second-order valence-electron chi connectivity index (χ2n) is 13.5. The molecule has 0 N–H and O–H groups in total. The molecule has 0 amide bonds. The minimum absolute atomic E-state index is 0.585. The molecule has 0 spiro atoms. The van der Waals surface area contributed by atoms with Crippen LogP contribution in [0.2, 0.25) is 0 Å². The monoisotopic (exact) mass is 736 g/mol. The summed E-state index contributed by atoms with van der Waals surface area (Å²) in [5, 5.41) is 4.22. The summed E-state index contributed by atoms with van der Waals surface area (Å²) in [6.07, 6.45) is 0. The number of fused-ring (bicyclic) bond motifs is 6. The summed E-state index contributed by atoms with van der Waals surface area (Å²) < 4.78 is 8.48. The van der Waals surface area contributed by atoms with E-state index < -0.39 is 0 Å². The van der Waals surface area contributed by atoms with Gasteiger partial charge in [-0.15, -0.1) is 11.3 Å². The summed E-state index contributed by atoms with van der Waals surface area (Å²) in [7, 11) is 0. The van der Waals surface area contributed by atoms with Crippen LogP contribution in [0.1, 0.15) is 0 Å². The summed E-state index contributed by atoms with van der Waals surface area (Å²) in [5.41, 5.74) is 7.14. The average Bonchev–Trinajstić information content (AvgIpc) is 3.85. The Bertz CT molecular complexity index is 3200. The molecule has 4 heterocycles. The molecule has 11 aromatic rings. The standard InChI is InChI=1S/C48H28N6OS/c1-4-14-29(15-5-1)43-49-44(30-16-6-2-7-17-30)53-48(52-43)36-23-12-21-33-37-28-32(26-27-40(37)56-42(33)36)46-50-45(31-18-8-3-9-19-31)51-47(54-46)35-22-13-25-39-41(35)34-20-10-11-24-38(34)55-39/h1-28H. The Labute approximate surface area is 324 Å². The molecular formula is C48H28N6OS. The zero-order valence-corrected chi connectivity index (χ0v) is 30.5. The fraction of sp³-hybridized carbons (Fsp3) is 0. The molecule has 0 aliphatic rings. The van der Waals surface area contributed by atoms with Crippen molar-refractivity contribution in [2.75, 3.05) is 0 Å². The van der Waals surface area contributed by atoms with Gasteiger partial charge in [0.2, 0.25) is 0 Å². The van der Waals surface area contributed by atoms with E-state index in [4.69, 9.17) is 34.3 Å². The Morgan fingerprint density at radius 2 is 0.821 bits per heavy atom. The van der Waals surface area contributed by atoms with E-state index in [2.05, 4.69) is 48.5 Å². The van der Waals surface area contributed by atoms with Gasteiger partial charge in [0.15, 0.2) is 34.9 Å². The number of aromatic nitrogens is 6. The van der Waals surface area contributed by atoms with E-state index in [9.17, 15) is 0 Å². The maximum atomic E-state index is 6.24. The largest absolute Gasteiger partial charge is 0.456 e. The van der Waals surface area contributed by atoms with Gasteiger partial charge in [0, 0.05) is 64.3 Å². The van der Waals surface area contributed by atoms with Crippen molar-refractivity contribution < 1.29 is 4.42 Å². The van der Waals surface area contributed by atoms with Crippen LogP contribution in [0.5, 0.6) is 0 Å². The third-order valence-electron chi connectivity index (χ3n) is 10.0. The van der Waals surface area contributed by atoms with Gasteiger partial charge < -0.3 is 4.42 Å². The maximum Gasteiger partial charge on any atom is 0.165 e. The summed E-state index contributed by atoms with van der Waals surface area (Å²) in [6, 6.07) is 57.1. The molecular weight excluding hydrogens is 709 g/mol. The fourth-order valence-corrected chi connectivity index (χ4v) is 8.54. The fourth-order valence-electron chi connectivity index (χ4n) is 7.35. The lowest BCUT2D eigenvalue weighted by molar-refractivity contribution is 0.669. The Morgan fingerprint density at radius 1 is 0.339 bits per heavy atom. The third kappa shape index (κ3) is 5.51. The van der Waals surface area contributed by atoms with E-state index in [1.54, 1.807) is 11.3 Å². The van der Waals surface area contributed by atoms with Crippen LogP contribution in [-0.4, -0.2) is 29.9 Å². The molecule has 7 aromatic carbocycles. The highest BCUT2D eigenvalue weighted by atomic mass is 32.1. The SMILES string of the molecule is c1ccc(-c2nc(-c3ccccc3)nc(-c3cccc4c3sc3ccc(-c5nc(-c6ccccc6)nc(-c6cccc7oc8ccccc8c67)n5)cc34)n2)cc1. The van der Waals surface area contributed by atoms with Crippen LogP contribution >= 0.6 is 11.3 Å². The van der Waals surface area contributed by atoms with Crippen LogP contribution in [0.3, 0.4) is 0 Å². The van der Waals surface area contributed by atoms with Crippen LogP contribution in [0.4, 0.5) is 0 Å². The second kappa shape index (κ2) is 13.2. The Balaban J connectivity index is 1.09. The van der Waals surface area contributed by atoms with Gasteiger partial charge in [0.25, 0.3) is 0 Å². The maximum absolute atomic E-state index is 6.24. The molecule has 0 unspecified atom stereocenters. The van der Waals surface area contributed by atoms with Crippen molar-refractivity contribution in [2.45, 2.75) is 0 Å². The van der Waals surface area contributed by atoms with Gasteiger partial charge in [-0.25, -0.2) is 29.9 Å². The molecule has 56 heavy (non-hydrogen) atoms. The van der Waals surface area contributed by atoms with Crippen molar-refractivity contribution in [3.63, 3.8) is 0 Å². The second-order valence-corrected chi connectivity index (χ2v) is 14.5. The number of rotatable bonds is 6. The zero-order chi connectivity index (χ0) is 37.0. The molecule has 11 rings (SSSR count). The minimum Gasteiger partial charge on any atom is -0.456 e. The van der Waals surface area contributed by atoms with Gasteiger partial charge in [0.1, 0.15) is 11.2 Å². The molecule has 0 saturated heterocycles. The van der Waals surface area contributed by atoms with Crippen molar-refractivity contribution in [3.05, 3.63) is 170 Å². The van der Waals surface area contributed by atoms with Gasteiger partial charge in [-0.1, -0.05) is 133 Å². The van der Waals surface area contributed by atoms with Crippen molar-refractivity contribution >= 4 is 53.4 Å². The summed E-state index contributed by atoms with van der Waals surface area (Å²) in [5.74, 6) is 3.68. The smallest absolute Gasteiger partial charge is 0.165 e. The van der Waals surface area contributed by atoms with Gasteiger partial charge in [-0.3, -0.25) is 0 Å². The molecule has 0 aliphatic carbocycles. The molecule has 0 fully saturated rings. The number of furan rings is 1. The van der Waals surface area contributed by atoms with E-state index in [0.29, 0.717) is 34.9 Å². The summed E-state index contributed by atoms with van der Waals surface area (Å²) >= 11 is 1.73. The average molecular weight is 737 g/mol.